The number of carboxylic acid groups (broad SMARTS) is 1. The van der Waals surface area contributed by atoms with Crippen molar-refractivity contribution in [1.29, 1.82) is 0 Å². The first-order chi connectivity index (χ1) is 9.99. The second-order valence-electron chi connectivity index (χ2n) is 4.46. The third-order valence-electron chi connectivity index (χ3n) is 3.16. The molecule has 0 spiro atoms. The van der Waals surface area contributed by atoms with Crippen LogP contribution in [-0.4, -0.2) is 22.8 Å². The second-order valence-corrected chi connectivity index (χ2v) is 5.32. The summed E-state index contributed by atoms with van der Waals surface area (Å²) >= 11 is 3.31. The van der Waals surface area contributed by atoms with Crippen LogP contribution in [0.3, 0.4) is 0 Å². The highest BCUT2D eigenvalue weighted by molar-refractivity contribution is 9.10. The molecule has 3 rings (SSSR count). The van der Waals surface area contributed by atoms with E-state index in [0.717, 1.165) is 6.26 Å². The number of halogens is 1. The maximum Gasteiger partial charge on any atom is 0.338 e. The zero-order valence-corrected chi connectivity index (χ0v) is 12.1. The Morgan fingerprint density at radius 1 is 1.33 bits per heavy atom. The summed E-state index contributed by atoms with van der Waals surface area (Å²) in [4.78, 5) is 36.1. The molecule has 0 fully saturated rings. The molecule has 1 aromatic carbocycles. The number of amides is 1. The van der Waals surface area contributed by atoms with E-state index in [2.05, 4.69) is 15.9 Å². The monoisotopic (exact) mass is 349 g/mol. The van der Waals surface area contributed by atoms with E-state index in [0.29, 0.717) is 15.7 Å². The highest BCUT2D eigenvalue weighted by Gasteiger charge is 2.37. The Morgan fingerprint density at radius 3 is 2.76 bits per heavy atom. The third kappa shape index (κ3) is 2.15. The molecule has 7 heteroatoms. The van der Waals surface area contributed by atoms with Gasteiger partial charge in [0.15, 0.2) is 0 Å². The van der Waals surface area contributed by atoms with Crippen molar-refractivity contribution in [2.24, 2.45) is 0 Å². The van der Waals surface area contributed by atoms with Crippen LogP contribution in [0.1, 0.15) is 26.5 Å². The number of para-hydroxylation sites is 1. The van der Waals surface area contributed by atoms with Gasteiger partial charge in [-0.05, 0) is 34.1 Å². The summed E-state index contributed by atoms with van der Waals surface area (Å²) in [5, 5.41) is 8.85. The van der Waals surface area contributed by atoms with Gasteiger partial charge in [0.25, 0.3) is 11.7 Å². The molecule has 0 saturated heterocycles. The molecule has 21 heavy (non-hydrogen) atoms. The fourth-order valence-corrected chi connectivity index (χ4v) is 2.77. The van der Waals surface area contributed by atoms with E-state index in [-0.39, 0.29) is 17.9 Å². The minimum Gasteiger partial charge on any atom is -0.478 e. The lowest BCUT2D eigenvalue weighted by atomic mass is 10.1. The quantitative estimate of drug-likeness (QED) is 0.860. The van der Waals surface area contributed by atoms with Gasteiger partial charge in [-0.2, -0.15) is 0 Å². The molecule has 2 aromatic rings. The number of Topliss-reactive ketones (excluding diaryl/α,β-unsaturated/α-hetero) is 1. The molecular weight excluding hydrogens is 342 g/mol. The van der Waals surface area contributed by atoms with E-state index in [1.165, 1.54) is 11.0 Å². The minimum atomic E-state index is -1.12. The van der Waals surface area contributed by atoms with Gasteiger partial charge >= 0.3 is 5.97 Å². The number of anilines is 1. The Hall–Kier alpha value is -2.41. The van der Waals surface area contributed by atoms with Gasteiger partial charge in [0.2, 0.25) is 0 Å². The average molecular weight is 350 g/mol. The molecule has 6 nitrogen and oxygen atoms in total. The molecule has 106 valence electrons. The van der Waals surface area contributed by atoms with Crippen LogP contribution in [0.25, 0.3) is 0 Å². The van der Waals surface area contributed by atoms with Gasteiger partial charge in [-0.3, -0.25) is 14.5 Å². The number of rotatable bonds is 3. The normalized spacial score (nSPS) is 13.7. The summed E-state index contributed by atoms with van der Waals surface area (Å²) in [5.74, 6) is -2.07. The maximum atomic E-state index is 12.1. The van der Waals surface area contributed by atoms with Gasteiger partial charge in [-0.25, -0.2) is 4.79 Å². The number of furan rings is 1. The number of ketones is 1. The molecule has 2 heterocycles. The molecule has 1 aliphatic rings. The van der Waals surface area contributed by atoms with Crippen LogP contribution in [0, 0.1) is 0 Å². The van der Waals surface area contributed by atoms with Crippen molar-refractivity contribution < 1.29 is 23.9 Å². The van der Waals surface area contributed by atoms with Gasteiger partial charge in [0, 0.05) is 4.47 Å². The summed E-state index contributed by atoms with van der Waals surface area (Å²) in [6.45, 7) is -0.00648. The zero-order valence-electron chi connectivity index (χ0n) is 10.5. The van der Waals surface area contributed by atoms with Crippen LogP contribution < -0.4 is 4.90 Å². The summed E-state index contributed by atoms with van der Waals surface area (Å²) in [6.07, 6.45) is 1.10. The second kappa shape index (κ2) is 4.85. The molecule has 0 aliphatic carbocycles. The number of carbonyl (C=O) groups is 3. The van der Waals surface area contributed by atoms with Gasteiger partial charge in [-0.1, -0.05) is 6.07 Å². The Bertz CT molecular complexity index is 779. The molecule has 1 N–H and O–H groups in total. The minimum absolute atomic E-state index is 0.00433. The third-order valence-corrected chi connectivity index (χ3v) is 3.80. The van der Waals surface area contributed by atoms with Crippen LogP contribution >= 0.6 is 15.9 Å². The number of nitrogens with zero attached hydrogens (tertiary/aromatic N) is 1. The molecule has 1 aliphatic heterocycles. The van der Waals surface area contributed by atoms with E-state index in [1.54, 1.807) is 18.2 Å². The van der Waals surface area contributed by atoms with E-state index in [9.17, 15) is 14.4 Å². The van der Waals surface area contributed by atoms with Crippen LogP contribution in [-0.2, 0) is 11.3 Å². The number of hydrogen-bond donors (Lipinski definition) is 1. The van der Waals surface area contributed by atoms with E-state index in [1.807, 2.05) is 0 Å². The van der Waals surface area contributed by atoms with E-state index >= 15 is 0 Å². The number of hydrogen-bond acceptors (Lipinski definition) is 4. The smallest absolute Gasteiger partial charge is 0.338 e. The van der Waals surface area contributed by atoms with Gasteiger partial charge in [0.05, 0.1) is 23.4 Å². The number of benzene rings is 1. The number of carboxylic acids is 1. The summed E-state index contributed by atoms with van der Waals surface area (Å²) in [7, 11) is 0. The molecule has 0 radical (unpaired) electrons. The molecule has 1 amide bonds. The highest BCUT2D eigenvalue weighted by Crippen LogP contribution is 2.36. The number of fused-ring (bicyclic) bond motifs is 1. The number of carbonyl (C=O) groups excluding carboxylic acids is 2. The van der Waals surface area contributed by atoms with Crippen LogP contribution in [0.5, 0.6) is 0 Å². The topological polar surface area (TPSA) is 87.8 Å². The fraction of sp³-hybridized carbons (Fsp3) is 0.0714. The van der Waals surface area contributed by atoms with Gasteiger partial charge in [-0.15, -0.1) is 0 Å². The van der Waals surface area contributed by atoms with Crippen molar-refractivity contribution in [3.8, 4) is 0 Å². The number of aromatic carboxylic acids is 1. The predicted octanol–water partition coefficient (Wildman–Crippen LogP) is 2.47. The van der Waals surface area contributed by atoms with Gasteiger partial charge in [0.1, 0.15) is 12.0 Å². The SMILES string of the molecule is O=C(O)c1coc(CN2C(=O)C(=O)c3cccc(Br)c32)c1. The summed E-state index contributed by atoms with van der Waals surface area (Å²) in [6, 6.07) is 6.30. The van der Waals surface area contributed by atoms with Crippen LogP contribution in [0.4, 0.5) is 5.69 Å². The predicted molar refractivity (Wildman–Crippen MR) is 75.3 cm³/mol. The first-order valence-corrected chi connectivity index (χ1v) is 6.73. The van der Waals surface area contributed by atoms with Gasteiger partial charge < -0.3 is 9.52 Å². The summed E-state index contributed by atoms with van der Waals surface area (Å²) < 4.78 is 5.74. The van der Waals surface area contributed by atoms with Crippen molar-refractivity contribution in [1.82, 2.24) is 0 Å². The average Bonchev–Trinajstić information content (AvgIpc) is 3.00. The lowest BCUT2D eigenvalue weighted by molar-refractivity contribution is -0.114. The molecule has 0 saturated carbocycles. The molecule has 0 unspecified atom stereocenters. The molecule has 1 aromatic heterocycles. The lowest BCUT2D eigenvalue weighted by Crippen LogP contribution is -2.29. The standard InChI is InChI=1S/C14H8BrNO5/c15-10-3-1-2-9-11(10)16(13(18)12(9)17)5-8-4-7(6-21-8)14(19)20/h1-4,6H,5H2,(H,19,20). The van der Waals surface area contributed by atoms with Crippen molar-refractivity contribution in [3.05, 3.63) is 51.9 Å². The molecular formula is C14H8BrNO5. The maximum absolute atomic E-state index is 12.1. The van der Waals surface area contributed by atoms with Crippen molar-refractivity contribution >= 4 is 39.3 Å². The zero-order chi connectivity index (χ0) is 15.1. The van der Waals surface area contributed by atoms with Crippen molar-refractivity contribution in [2.45, 2.75) is 6.54 Å². The Labute approximate surface area is 127 Å². The lowest BCUT2D eigenvalue weighted by Gasteiger charge is -2.16. The highest BCUT2D eigenvalue weighted by atomic mass is 79.9. The van der Waals surface area contributed by atoms with Crippen LogP contribution in [0.15, 0.2) is 39.4 Å². The van der Waals surface area contributed by atoms with E-state index in [4.69, 9.17) is 9.52 Å². The Morgan fingerprint density at radius 2 is 2.10 bits per heavy atom. The summed E-state index contributed by atoms with van der Waals surface area (Å²) in [5.41, 5.74) is 0.787. The largest absolute Gasteiger partial charge is 0.478 e. The Kier molecular flexibility index (Phi) is 3.13. The molecule has 0 atom stereocenters. The first-order valence-electron chi connectivity index (χ1n) is 5.94. The van der Waals surface area contributed by atoms with Crippen LogP contribution in [0.2, 0.25) is 0 Å². The van der Waals surface area contributed by atoms with E-state index < -0.39 is 17.7 Å². The van der Waals surface area contributed by atoms with Crippen molar-refractivity contribution in [3.63, 3.8) is 0 Å². The first kappa shape index (κ1) is 13.6. The Balaban J connectivity index is 1.98. The molecule has 0 bridgehead atoms. The van der Waals surface area contributed by atoms with Crippen molar-refractivity contribution in [2.75, 3.05) is 4.90 Å². The fourth-order valence-electron chi connectivity index (χ4n) is 2.19.